The molecule has 0 aromatic carbocycles. The van der Waals surface area contributed by atoms with Gasteiger partial charge in [0.2, 0.25) is 0 Å². The van der Waals surface area contributed by atoms with Gasteiger partial charge < -0.3 is 14.5 Å². The molecule has 8 heteroatoms. The van der Waals surface area contributed by atoms with Crippen LogP contribution in [0.2, 0.25) is 0 Å². The van der Waals surface area contributed by atoms with Crippen molar-refractivity contribution in [2.24, 2.45) is 17.8 Å². The van der Waals surface area contributed by atoms with Gasteiger partial charge in [0.05, 0.1) is 5.56 Å². The fourth-order valence-electron chi connectivity index (χ4n) is 4.96. The maximum Gasteiger partial charge on any atom is 0.298 e. The Kier molecular flexibility index (Phi) is 5.83. The number of carbonyl (C=O) groups is 2. The lowest BCUT2D eigenvalue weighted by Gasteiger charge is -2.46. The first kappa shape index (κ1) is 21.0. The van der Waals surface area contributed by atoms with Crippen molar-refractivity contribution in [3.8, 4) is 11.8 Å². The summed E-state index contributed by atoms with van der Waals surface area (Å²) in [7, 11) is 0. The normalized spacial score (nSPS) is 22.3. The van der Waals surface area contributed by atoms with E-state index < -0.39 is 0 Å². The van der Waals surface area contributed by atoms with Crippen molar-refractivity contribution in [1.82, 2.24) is 25.0 Å². The summed E-state index contributed by atoms with van der Waals surface area (Å²) in [4.78, 5) is 33.6. The largest absolute Gasteiger partial charge is 0.381 e. The van der Waals surface area contributed by atoms with E-state index in [2.05, 4.69) is 27.0 Å². The zero-order chi connectivity index (χ0) is 22.1. The molecule has 5 rings (SSSR count). The Hall–Kier alpha value is -2.92. The summed E-state index contributed by atoms with van der Waals surface area (Å²) in [6.07, 6.45) is 5.54. The predicted molar refractivity (Wildman–Crippen MR) is 119 cm³/mol. The number of aromatic amines is 1. The minimum Gasteiger partial charge on any atom is -0.381 e. The van der Waals surface area contributed by atoms with E-state index in [-0.39, 0.29) is 17.7 Å². The Labute approximate surface area is 187 Å². The summed E-state index contributed by atoms with van der Waals surface area (Å²) in [5, 5.41) is 7.91. The summed E-state index contributed by atoms with van der Waals surface area (Å²) in [6, 6.07) is 1.87. The van der Waals surface area contributed by atoms with Gasteiger partial charge in [0.1, 0.15) is 0 Å². The summed E-state index contributed by atoms with van der Waals surface area (Å²) in [5.74, 6) is 7.15. The van der Waals surface area contributed by atoms with Crippen LogP contribution in [-0.4, -0.2) is 76.2 Å². The summed E-state index contributed by atoms with van der Waals surface area (Å²) in [5.41, 5.74) is 2.15. The molecule has 1 atom stereocenters. The van der Waals surface area contributed by atoms with Crippen molar-refractivity contribution >= 4 is 22.8 Å². The molecule has 1 unspecified atom stereocenters. The molecule has 0 saturated carbocycles. The van der Waals surface area contributed by atoms with Gasteiger partial charge in [0.25, 0.3) is 11.8 Å². The van der Waals surface area contributed by atoms with Crippen LogP contribution in [0.3, 0.4) is 0 Å². The van der Waals surface area contributed by atoms with Crippen LogP contribution in [0.25, 0.3) is 11.0 Å². The lowest BCUT2D eigenvalue weighted by molar-refractivity contribution is -0.127. The Morgan fingerprint density at radius 3 is 2.72 bits per heavy atom. The molecule has 168 valence electrons. The zero-order valence-electron chi connectivity index (χ0n) is 18.5. The van der Waals surface area contributed by atoms with E-state index in [0.29, 0.717) is 23.0 Å². The number of fused-ring (bicyclic) bond motifs is 1. The van der Waals surface area contributed by atoms with Crippen LogP contribution in [0.15, 0.2) is 12.3 Å². The number of pyridine rings is 1. The molecule has 0 bridgehead atoms. The van der Waals surface area contributed by atoms with Crippen molar-refractivity contribution in [1.29, 1.82) is 0 Å². The Bertz CT molecular complexity index is 1070. The number of nitrogens with zero attached hydrogens (tertiary/aromatic N) is 4. The third kappa shape index (κ3) is 4.22. The van der Waals surface area contributed by atoms with E-state index in [1.54, 1.807) is 6.20 Å². The maximum absolute atomic E-state index is 12.9. The molecule has 2 aromatic rings. The third-order valence-corrected chi connectivity index (χ3v) is 7.06. The zero-order valence-corrected chi connectivity index (χ0v) is 18.5. The van der Waals surface area contributed by atoms with Crippen LogP contribution < -0.4 is 0 Å². The second-order valence-corrected chi connectivity index (χ2v) is 9.22. The van der Waals surface area contributed by atoms with Gasteiger partial charge in [0.15, 0.2) is 5.65 Å². The van der Waals surface area contributed by atoms with Crippen molar-refractivity contribution in [3.05, 3.63) is 23.5 Å². The molecule has 0 radical (unpaired) electrons. The quantitative estimate of drug-likeness (QED) is 0.729. The van der Waals surface area contributed by atoms with Crippen LogP contribution in [0.1, 0.15) is 41.7 Å². The van der Waals surface area contributed by atoms with Crippen molar-refractivity contribution in [2.45, 2.75) is 32.6 Å². The van der Waals surface area contributed by atoms with Crippen LogP contribution in [0, 0.1) is 36.5 Å². The van der Waals surface area contributed by atoms with Crippen molar-refractivity contribution in [2.75, 3.05) is 39.4 Å². The molecule has 3 saturated heterocycles. The highest BCUT2D eigenvalue weighted by atomic mass is 16.5. The summed E-state index contributed by atoms with van der Waals surface area (Å²) < 4.78 is 5.36. The molecular formula is C24H29N5O3. The monoisotopic (exact) mass is 435 g/mol. The first-order valence-electron chi connectivity index (χ1n) is 11.6. The molecule has 0 aliphatic carbocycles. The number of aryl methyl sites for hydroxylation is 1. The number of nitrogens with one attached hydrogen (secondary N) is 1. The van der Waals surface area contributed by atoms with Crippen molar-refractivity contribution < 1.29 is 14.3 Å². The first-order chi connectivity index (χ1) is 15.6. The number of hydrogen-bond acceptors (Lipinski definition) is 5. The Morgan fingerprint density at radius 2 is 1.91 bits per heavy atom. The van der Waals surface area contributed by atoms with E-state index in [1.165, 1.54) is 0 Å². The van der Waals surface area contributed by atoms with Gasteiger partial charge in [-0.15, -0.1) is 0 Å². The van der Waals surface area contributed by atoms with Gasteiger partial charge in [-0.25, -0.2) is 4.98 Å². The van der Waals surface area contributed by atoms with E-state index in [1.807, 2.05) is 22.8 Å². The molecule has 1 N–H and O–H groups in total. The fraction of sp³-hybridized carbons (Fsp3) is 0.583. The topological polar surface area (TPSA) is 91.4 Å². The maximum atomic E-state index is 12.9. The first-order valence-corrected chi connectivity index (χ1v) is 11.6. The van der Waals surface area contributed by atoms with E-state index in [0.717, 1.165) is 76.2 Å². The van der Waals surface area contributed by atoms with E-state index in [9.17, 15) is 9.59 Å². The molecule has 3 fully saturated rings. The SMILES string of the molecule is Cc1[nH]nc2ncc(C(=O)N3CC(C4CCCN(C(=O)C#CC5CCOCC5)C4)C3)cc12. The average molecular weight is 436 g/mol. The molecule has 32 heavy (non-hydrogen) atoms. The number of H-pyrrole nitrogens is 1. The number of ether oxygens (including phenoxy) is 1. The minimum atomic E-state index is -0.0525. The van der Waals surface area contributed by atoms with Gasteiger partial charge in [0, 0.05) is 62.6 Å². The van der Waals surface area contributed by atoms with Crippen LogP contribution in [-0.2, 0) is 9.53 Å². The molecule has 3 aliphatic heterocycles. The van der Waals surface area contributed by atoms with Crippen LogP contribution in [0.5, 0.6) is 0 Å². The van der Waals surface area contributed by atoms with Crippen LogP contribution >= 0.6 is 0 Å². The minimum absolute atomic E-state index is 0.0160. The van der Waals surface area contributed by atoms with E-state index in [4.69, 9.17) is 4.74 Å². The Balaban J connectivity index is 1.15. The molecule has 8 nitrogen and oxygen atoms in total. The molecule has 5 heterocycles. The molecule has 2 amide bonds. The second-order valence-electron chi connectivity index (χ2n) is 9.22. The lowest BCUT2D eigenvalue weighted by atomic mass is 9.80. The number of rotatable bonds is 2. The summed E-state index contributed by atoms with van der Waals surface area (Å²) >= 11 is 0. The highest BCUT2D eigenvalue weighted by Gasteiger charge is 2.39. The molecule has 3 aliphatic rings. The highest BCUT2D eigenvalue weighted by molar-refractivity contribution is 5.97. The van der Waals surface area contributed by atoms with Gasteiger partial charge >= 0.3 is 0 Å². The second kappa shape index (κ2) is 8.91. The van der Waals surface area contributed by atoms with E-state index >= 15 is 0 Å². The number of amides is 2. The van der Waals surface area contributed by atoms with Gasteiger partial charge in [-0.05, 0) is 56.4 Å². The molecule has 2 aromatic heterocycles. The molecular weight excluding hydrogens is 406 g/mol. The number of piperidine rings is 1. The lowest BCUT2D eigenvalue weighted by Crippen LogP contribution is -2.55. The van der Waals surface area contributed by atoms with Crippen LogP contribution in [0.4, 0.5) is 0 Å². The highest BCUT2D eigenvalue weighted by Crippen LogP contribution is 2.32. The number of aromatic nitrogens is 3. The standard InChI is InChI=1S/C24H29N5O3/c1-16-21-11-19(12-25-23(21)27-26-16)24(31)29-14-20(15-29)18-3-2-8-28(13-18)22(30)5-4-17-6-9-32-10-7-17/h11-12,17-18,20H,2-3,6-10,13-15H2,1H3,(H,25,26,27). The van der Waals surface area contributed by atoms with Gasteiger partial charge in [-0.1, -0.05) is 5.92 Å². The molecule has 0 spiro atoms. The Morgan fingerprint density at radius 1 is 1.12 bits per heavy atom. The number of hydrogen-bond donors (Lipinski definition) is 1. The third-order valence-electron chi connectivity index (χ3n) is 7.06. The fourth-order valence-corrected chi connectivity index (χ4v) is 4.96. The number of likely N-dealkylation sites (tertiary alicyclic amines) is 2. The summed E-state index contributed by atoms with van der Waals surface area (Å²) in [6.45, 7) is 6.40. The smallest absolute Gasteiger partial charge is 0.298 e. The average Bonchev–Trinajstić information content (AvgIpc) is 3.17. The number of carbonyl (C=O) groups excluding carboxylic acids is 2. The van der Waals surface area contributed by atoms with Crippen molar-refractivity contribution in [3.63, 3.8) is 0 Å². The predicted octanol–water partition coefficient (Wildman–Crippen LogP) is 2.01. The van der Waals surface area contributed by atoms with Gasteiger partial charge in [-0.2, -0.15) is 5.10 Å². The van der Waals surface area contributed by atoms with Gasteiger partial charge in [-0.3, -0.25) is 14.7 Å².